The number of rotatable bonds is 4. The summed E-state index contributed by atoms with van der Waals surface area (Å²) >= 11 is 1.38. The highest BCUT2D eigenvalue weighted by Crippen LogP contribution is 2.24. The molecule has 8 heteroatoms. The van der Waals surface area contributed by atoms with Crippen LogP contribution in [0.1, 0.15) is 16.5 Å². The number of hydrogen-bond donors (Lipinski definition) is 3. The van der Waals surface area contributed by atoms with E-state index in [2.05, 4.69) is 5.32 Å². The fraction of sp³-hybridized carbons (Fsp3) is 0.154. The van der Waals surface area contributed by atoms with E-state index in [1.807, 2.05) is 5.38 Å². The summed E-state index contributed by atoms with van der Waals surface area (Å²) in [6.45, 7) is 1.58. The average Bonchev–Trinajstić information content (AvgIpc) is 2.92. The number of anilines is 1. The standard InChI is InChI=1S/C13H15N3O3S2/c1-8-9(4-2-6-11(8)21(15,18)19)16-13(17)12(14)10-5-3-7-20-10/h2-7,12H,14H2,1H3,(H,16,17)(H2,15,18,19). The van der Waals surface area contributed by atoms with Crippen LogP contribution in [0.15, 0.2) is 40.6 Å². The van der Waals surface area contributed by atoms with Crippen LogP contribution in [-0.2, 0) is 14.8 Å². The minimum atomic E-state index is -3.84. The van der Waals surface area contributed by atoms with E-state index in [0.29, 0.717) is 11.3 Å². The van der Waals surface area contributed by atoms with Crippen molar-refractivity contribution in [2.24, 2.45) is 10.9 Å². The molecule has 1 aromatic carbocycles. The SMILES string of the molecule is Cc1c(NC(=O)C(N)c2cccs2)cccc1S(N)(=O)=O. The molecule has 0 bridgehead atoms. The zero-order valence-corrected chi connectivity index (χ0v) is 12.9. The lowest BCUT2D eigenvalue weighted by Gasteiger charge is -2.14. The Balaban J connectivity index is 2.26. The van der Waals surface area contributed by atoms with Crippen molar-refractivity contribution >= 4 is 33.0 Å². The molecule has 0 spiro atoms. The van der Waals surface area contributed by atoms with Gasteiger partial charge in [0.2, 0.25) is 15.9 Å². The number of amides is 1. The second-order valence-electron chi connectivity index (χ2n) is 4.46. The molecule has 1 heterocycles. The minimum absolute atomic E-state index is 0.0232. The van der Waals surface area contributed by atoms with E-state index in [1.165, 1.54) is 23.5 Å². The van der Waals surface area contributed by atoms with E-state index in [1.54, 1.807) is 25.1 Å². The molecule has 0 saturated heterocycles. The summed E-state index contributed by atoms with van der Waals surface area (Å²) in [7, 11) is -3.84. The minimum Gasteiger partial charge on any atom is -0.324 e. The van der Waals surface area contributed by atoms with Gasteiger partial charge in [-0.05, 0) is 36.1 Å². The molecule has 1 aromatic heterocycles. The molecule has 0 radical (unpaired) electrons. The van der Waals surface area contributed by atoms with Gasteiger partial charge in [0.15, 0.2) is 0 Å². The predicted molar refractivity (Wildman–Crippen MR) is 82.4 cm³/mol. The molecule has 112 valence electrons. The Labute approximate surface area is 126 Å². The van der Waals surface area contributed by atoms with Crippen LogP contribution < -0.4 is 16.2 Å². The maximum absolute atomic E-state index is 12.1. The third-order valence-corrected chi connectivity index (χ3v) is 4.99. The molecule has 1 unspecified atom stereocenters. The molecule has 6 nitrogen and oxygen atoms in total. The number of hydrogen-bond acceptors (Lipinski definition) is 5. The number of nitrogens with one attached hydrogen (secondary N) is 1. The molecule has 5 N–H and O–H groups in total. The van der Waals surface area contributed by atoms with Gasteiger partial charge in [-0.25, -0.2) is 13.6 Å². The summed E-state index contributed by atoms with van der Waals surface area (Å²) in [5.74, 6) is -0.410. The van der Waals surface area contributed by atoms with Gasteiger partial charge in [0.05, 0.1) is 4.90 Å². The van der Waals surface area contributed by atoms with Crippen molar-refractivity contribution in [3.63, 3.8) is 0 Å². The second-order valence-corrected chi connectivity index (χ2v) is 6.97. The molecule has 0 saturated carbocycles. The summed E-state index contributed by atoms with van der Waals surface area (Å²) in [4.78, 5) is 12.8. The van der Waals surface area contributed by atoms with Crippen molar-refractivity contribution in [2.45, 2.75) is 17.9 Å². The van der Waals surface area contributed by atoms with Gasteiger partial charge in [-0.3, -0.25) is 4.79 Å². The van der Waals surface area contributed by atoms with Crippen molar-refractivity contribution in [3.05, 3.63) is 46.2 Å². The molecule has 1 atom stereocenters. The lowest BCUT2D eigenvalue weighted by Crippen LogP contribution is -2.27. The van der Waals surface area contributed by atoms with Gasteiger partial charge in [-0.2, -0.15) is 0 Å². The second kappa shape index (κ2) is 5.94. The average molecular weight is 325 g/mol. The third kappa shape index (κ3) is 3.48. The number of carbonyl (C=O) groups excluding carboxylic acids is 1. The first-order valence-electron chi connectivity index (χ1n) is 6.03. The molecule has 0 aliphatic rings. The Bertz CT molecular complexity index is 755. The highest BCUT2D eigenvalue weighted by molar-refractivity contribution is 7.89. The number of sulfonamides is 1. The van der Waals surface area contributed by atoms with Gasteiger partial charge >= 0.3 is 0 Å². The number of benzene rings is 1. The smallest absolute Gasteiger partial charge is 0.246 e. The van der Waals surface area contributed by atoms with Crippen molar-refractivity contribution in [2.75, 3.05) is 5.32 Å². The molecule has 21 heavy (non-hydrogen) atoms. The zero-order chi connectivity index (χ0) is 15.6. The van der Waals surface area contributed by atoms with Crippen LogP contribution in [0.5, 0.6) is 0 Å². The lowest BCUT2D eigenvalue weighted by molar-refractivity contribution is -0.117. The van der Waals surface area contributed by atoms with E-state index in [0.717, 1.165) is 4.88 Å². The lowest BCUT2D eigenvalue weighted by atomic mass is 10.2. The zero-order valence-electron chi connectivity index (χ0n) is 11.2. The Morgan fingerprint density at radius 1 is 1.29 bits per heavy atom. The monoisotopic (exact) mass is 325 g/mol. The molecule has 0 aliphatic carbocycles. The maximum atomic E-state index is 12.1. The molecule has 1 amide bonds. The first kappa shape index (κ1) is 15.6. The van der Waals surface area contributed by atoms with Crippen LogP contribution >= 0.6 is 11.3 Å². The summed E-state index contributed by atoms with van der Waals surface area (Å²) < 4.78 is 22.9. The first-order chi connectivity index (χ1) is 9.80. The van der Waals surface area contributed by atoms with Crippen LogP contribution in [0.3, 0.4) is 0 Å². The van der Waals surface area contributed by atoms with Gasteiger partial charge in [0.1, 0.15) is 6.04 Å². The van der Waals surface area contributed by atoms with Crippen LogP contribution in [0.4, 0.5) is 5.69 Å². The van der Waals surface area contributed by atoms with E-state index in [4.69, 9.17) is 10.9 Å². The molecule has 0 aliphatic heterocycles. The number of carbonyl (C=O) groups is 1. The summed E-state index contributed by atoms with van der Waals surface area (Å²) in [6.07, 6.45) is 0. The Morgan fingerprint density at radius 3 is 2.57 bits per heavy atom. The molecular weight excluding hydrogens is 310 g/mol. The Morgan fingerprint density at radius 2 is 2.00 bits per heavy atom. The van der Waals surface area contributed by atoms with Gasteiger partial charge in [0.25, 0.3) is 0 Å². The van der Waals surface area contributed by atoms with E-state index in [9.17, 15) is 13.2 Å². The quantitative estimate of drug-likeness (QED) is 0.786. The van der Waals surface area contributed by atoms with Gasteiger partial charge < -0.3 is 11.1 Å². The van der Waals surface area contributed by atoms with E-state index in [-0.39, 0.29) is 4.90 Å². The normalized spacial score (nSPS) is 12.9. The van der Waals surface area contributed by atoms with Crippen molar-refractivity contribution < 1.29 is 13.2 Å². The van der Waals surface area contributed by atoms with Crippen LogP contribution in [0.25, 0.3) is 0 Å². The maximum Gasteiger partial charge on any atom is 0.246 e. The predicted octanol–water partition coefficient (Wildman–Crippen LogP) is 1.34. The third-order valence-electron chi connectivity index (χ3n) is 2.98. The largest absolute Gasteiger partial charge is 0.324 e. The van der Waals surface area contributed by atoms with Crippen LogP contribution in [0.2, 0.25) is 0 Å². The van der Waals surface area contributed by atoms with Gasteiger partial charge in [-0.1, -0.05) is 12.1 Å². The number of thiophene rings is 1. The van der Waals surface area contributed by atoms with Gasteiger partial charge in [-0.15, -0.1) is 11.3 Å². The van der Waals surface area contributed by atoms with E-state index < -0.39 is 22.0 Å². The number of primary sulfonamides is 1. The van der Waals surface area contributed by atoms with Crippen LogP contribution in [0, 0.1) is 6.92 Å². The topological polar surface area (TPSA) is 115 Å². The van der Waals surface area contributed by atoms with Crippen LogP contribution in [-0.4, -0.2) is 14.3 Å². The van der Waals surface area contributed by atoms with Crippen molar-refractivity contribution in [1.29, 1.82) is 0 Å². The highest BCUT2D eigenvalue weighted by Gasteiger charge is 2.19. The van der Waals surface area contributed by atoms with E-state index >= 15 is 0 Å². The number of nitrogens with two attached hydrogens (primary N) is 2. The summed E-state index contributed by atoms with van der Waals surface area (Å²) in [5, 5.41) is 9.59. The van der Waals surface area contributed by atoms with Crippen molar-refractivity contribution in [1.82, 2.24) is 0 Å². The summed E-state index contributed by atoms with van der Waals surface area (Å²) in [6, 6.07) is 7.27. The summed E-state index contributed by atoms with van der Waals surface area (Å²) in [5.41, 5.74) is 6.62. The molecule has 0 fully saturated rings. The van der Waals surface area contributed by atoms with Gasteiger partial charge in [0, 0.05) is 10.6 Å². The first-order valence-corrected chi connectivity index (χ1v) is 8.45. The fourth-order valence-electron chi connectivity index (χ4n) is 1.87. The Kier molecular flexibility index (Phi) is 4.43. The molecule has 2 rings (SSSR count). The molecular formula is C13H15N3O3S2. The Hall–Kier alpha value is -1.74. The fourth-order valence-corrected chi connectivity index (χ4v) is 3.40. The van der Waals surface area contributed by atoms with Crippen molar-refractivity contribution in [3.8, 4) is 0 Å². The highest BCUT2D eigenvalue weighted by atomic mass is 32.2. The molecule has 2 aromatic rings.